The highest BCUT2D eigenvalue weighted by Gasteiger charge is 2.16. The first-order valence-electron chi connectivity index (χ1n) is 10.1. The second-order valence-corrected chi connectivity index (χ2v) is 8.89. The van der Waals surface area contributed by atoms with Crippen LogP contribution in [0.25, 0.3) is 11.3 Å². The second kappa shape index (κ2) is 9.58. The molecule has 0 fully saturated rings. The summed E-state index contributed by atoms with van der Waals surface area (Å²) in [6.45, 7) is 3.53. The van der Waals surface area contributed by atoms with Gasteiger partial charge in [-0.25, -0.2) is 33.1 Å². The van der Waals surface area contributed by atoms with E-state index in [0.29, 0.717) is 22.8 Å². The van der Waals surface area contributed by atoms with Crippen molar-refractivity contribution in [3.05, 3.63) is 78.5 Å². The highest BCUT2D eigenvalue weighted by molar-refractivity contribution is 7.92. The number of rotatable bonds is 6. The van der Waals surface area contributed by atoms with Crippen molar-refractivity contribution < 1.29 is 8.42 Å². The molecule has 0 amide bonds. The van der Waals surface area contributed by atoms with Gasteiger partial charge in [-0.1, -0.05) is 0 Å². The van der Waals surface area contributed by atoms with Crippen LogP contribution in [-0.4, -0.2) is 39.3 Å². The summed E-state index contributed by atoms with van der Waals surface area (Å²) in [7, 11) is -3.86. The topological polar surface area (TPSA) is 161 Å². The highest BCUT2D eigenvalue weighted by Crippen LogP contribution is 2.19. The van der Waals surface area contributed by atoms with Gasteiger partial charge in [-0.05, 0) is 62.4 Å². The Labute approximate surface area is 196 Å². The predicted molar refractivity (Wildman–Crippen MR) is 129 cm³/mol. The summed E-state index contributed by atoms with van der Waals surface area (Å²) in [5.41, 5.74) is 9.32. The van der Waals surface area contributed by atoms with Crippen molar-refractivity contribution in [1.82, 2.24) is 24.9 Å². The molecule has 3 aromatic heterocycles. The van der Waals surface area contributed by atoms with Gasteiger partial charge in [-0.15, -0.1) is 0 Å². The van der Waals surface area contributed by atoms with Crippen LogP contribution in [0.15, 0.2) is 77.0 Å². The molecule has 4 rings (SSSR count). The van der Waals surface area contributed by atoms with Crippen LogP contribution >= 0.6 is 0 Å². The molecule has 0 aliphatic heterocycles. The zero-order valence-electron chi connectivity index (χ0n) is 18.3. The molecule has 34 heavy (non-hydrogen) atoms. The molecular weight excluding hydrogens is 454 g/mol. The third-order valence-corrected chi connectivity index (χ3v) is 5.81. The summed E-state index contributed by atoms with van der Waals surface area (Å²) < 4.78 is 27.7. The number of nitrogens with one attached hydrogen (secondary N) is 2. The van der Waals surface area contributed by atoms with E-state index in [1.807, 2.05) is 12.1 Å². The van der Waals surface area contributed by atoms with Crippen molar-refractivity contribution in [3.63, 3.8) is 0 Å². The SMILES string of the molecule is Cc1cc(C)nc(NS(=O)(=O)c2ccc(N/C(N)=N/c3nccc(-c4cccnc4)n3)cc2)n1. The molecule has 0 unspecified atom stereocenters. The van der Waals surface area contributed by atoms with Crippen LogP contribution in [0.5, 0.6) is 0 Å². The lowest BCUT2D eigenvalue weighted by Gasteiger charge is -2.09. The second-order valence-electron chi connectivity index (χ2n) is 7.21. The first kappa shape index (κ1) is 22.7. The van der Waals surface area contributed by atoms with Crippen LogP contribution in [0.3, 0.4) is 0 Å². The monoisotopic (exact) mass is 475 g/mol. The number of sulfonamides is 1. The van der Waals surface area contributed by atoms with E-state index in [1.54, 1.807) is 56.7 Å². The lowest BCUT2D eigenvalue weighted by molar-refractivity contribution is 0.601. The van der Waals surface area contributed by atoms with Crippen LogP contribution in [0, 0.1) is 13.8 Å². The molecule has 0 bridgehead atoms. The van der Waals surface area contributed by atoms with Gasteiger partial charge in [-0.3, -0.25) is 4.98 Å². The third kappa shape index (κ3) is 5.66. The van der Waals surface area contributed by atoms with Gasteiger partial charge in [0.05, 0.1) is 10.6 Å². The molecule has 12 heteroatoms. The largest absolute Gasteiger partial charge is 0.369 e. The van der Waals surface area contributed by atoms with E-state index in [2.05, 4.69) is 40.0 Å². The minimum absolute atomic E-state index is 0.0181. The predicted octanol–water partition coefficient (Wildman–Crippen LogP) is 2.80. The third-order valence-electron chi connectivity index (χ3n) is 4.47. The van der Waals surface area contributed by atoms with Crippen molar-refractivity contribution in [2.24, 2.45) is 10.7 Å². The molecular formula is C22H21N9O2S. The lowest BCUT2D eigenvalue weighted by atomic mass is 10.2. The van der Waals surface area contributed by atoms with Crippen LogP contribution in [0.4, 0.5) is 17.6 Å². The number of hydrogen-bond acceptors (Lipinski definition) is 8. The van der Waals surface area contributed by atoms with Crippen LogP contribution in [-0.2, 0) is 10.0 Å². The number of hydrogen-bond donors (Lipinski definition) is 3. The standard InChI is InChI=1S/C22H21N9O2S/c1-14-12-15(2)27-22(26-14)31-34(32,33)18-7-5-17(6-8-18)28-20(23)30-21-25-11-9-19(29-21)16-4-3-10-24-13-16/h3-13H,1-2H3,(H,26,27,31)(H3,23,25,28,29,30). The number of aliphatic imine (C=N–C) groups is 1. The Morgan fingerprint density at radius 3 is 2.38 bits per heavy atom. The zero-order valence-corrected chi connectivity index (χ0v) is 19.2. The number of guanidine groups is 1. The van der Waals surface area contributed by atoms with Gasteiger partial charge in [0.2, 0.25) is 11.9 Å². The molecule has 0 saturated heterocycles. The van der Waals surface area contributed by atoms with E-state index < -0.39 is 10.0 Å². The maximum atomic E-state index is 12.7. The Hall–Kier alpha value is -4.45. The molecule has 11 nitrogen and oxygen atoms in total. The van der Waals surface area contributed by atoms with Gasteiger partial charge < -0.3 is 11.1 Å². The number of nitrogens with zero attached hydrogens (tertiary/aromatic N) is 6. The fourth-order valence-electron chi connectivity index (χ4n) is 3.03. The summed E-state index contributed by atoms with van der Waals surface area (Å²) in [5, 5.41) is 2.89. The molecule has 172 valence electrons. The fraction of sp³-hybridized carbons (Fsp3) is 0.0909. The number of aromatic nitrogens is 5. The maximum absolute atomic E-state index is 12.7. The molecule has 4 aromatic rings. The van der Waals surface area contributed by atoms with E-state index in [4.69, 9.17) is 5.73 Å². The van der Waals surface area contributed by atoms with Crippen molar-refractivity contribution in [2.45, 2.75) is 18.7 Å². The van der Waals surface area contributed by atoms with E-state index in [0.717, 1.165) is 5.56 Å². The number of benzene rings is 1. The van der Waals surface area contributed by atoms with E-state index in [1.165, 1.54) is 12.1 Å². The quantitative estimate of drug-likeness (QED) is 0.281. The summed E-state index contributed by atoms with van der Waals surface area (Å²) in [4.78, 5) is 25.0. The molecule has 0 spiro atoms. The average molecular weight is 476 g/mol. The molecule has 0 atom stereocenters. The van der Waals surface area contributed by atoms with Gasteiger partial charge in [-0.2, -0.15) is 4.99 Å². The van der Waals surface area contributed by atoms with Crippen molar-refractivity contribution >= 4 is 33.6 Å². The Morgan fingerprint density at radius 1 is 0.971 bits per heavy atom. The Kier molecular flexibility index (Phi) is 6.41. The fourth-order valence-corrected chi connectivity index (χ4v) is 3.97. The van der Waals surface area contributed by atoms with Gasteiger partial charge in [0.25, 0.3) is 16.0 Å². The molecule has 0 aliphatic carbocycles. The first-order valence-corrected chi connectivity index (χ1v) is 11.6. The normalized spacial score (nSPS) is 11.8. The summed E-state index contributed by atoms with van der Waals surface area (Å²) in [6.07, 6.45) is 4.94. The van der Waals surface area contributed by atoms with Crippen LogP contribution < -0.4 is 15.8 Å². The number of nitrogens with two attached hydrogens (primary N) is 1. The zero-order chi connectivity index (χ0) is 24.1. The smallest absolute Gasteiger partial charge is 0.264 e. The number of aryl methyl sites for hydroxylation is 2. The van der Waals surface area contributed by atoms with Gasteiger partial charge >= 0.3 is 0 Å². The number of anilines is 2. The van der Waals surface area contributed by atoms with Gasteiger partial charge in [0.15, 0.2) is 0 Å². The minimum atomic E-state index is -3.86. The van der Waals surface area contributed by atoms with Gasteiger partial charge in [0.1, 0.15) is 0 Å². The van der Waals surface area contributed by atoms with Crippen molar-refractivity contribution in [2.75, 3.05) is 10.0 Å². The average Bonchev–Trinajstić information content (AvgIpc) is 2.79. The Morgan fingerprint density at radius 2 is 1.71 bits per heavy atom. The Balaban J connectivity index is 1.46. The van der Waals surface area contributed by atoms with E-state index in [-0.39, 0.29) is 22.8 Å². The van der Waals surface area contributed by atoms with Crippen LogP contribution in [0.2, 0.25) is 0 Å². The molecule has 0 radical (unpaired) electrons. The van der Waals surface area contributed by atoms with Crippen LogP contribution in [0.1, 0.15) is 11.4 Å². The lowest BCUT2D eigenvalue weighted by Crippen LogP contribution is -2.22. The van der Waals surface area contributed by atoms with Crippen molar-refractivity contribution in [1.29, 1.82) is 0 Å². The molecule has 3 heterocycles. The summed E-state index contributed by atoms with van der Waals surface area (Å²) in [6, 6.07) is 13.2. The summed E-state index contributed by atoms with van der Waals surface area (Å²) >= 11 is 0. The van der Waals surface area contributed by atoms with E-state index in [9.17, 15) is 8.42 Å². The number of pyridine rings is 1. The maximum Gasteiger partial charge on any atom is 0.264 e. The molecule has 4 N–H and O–H groups in total. The first-order chi connectivity index (χ1) is 16.3. The summed E-state index contributed by atoms with van der Waals surface area (Å²) in [5.74, 6) is 0.230. The minimum Gasteiger partial charge on any atom is -0.369 e. The van der Waals surface area contributed by atoms with Crippen molar-refractivity contribution in [3.8, 4) is 11.3 Å². The molecule has 0 aliphatic rings. The van der Waals surface area contributed by atoms with Gasteiger partial charge in [0, 0.05) is 41.2 Å². The molecule has 1 aromatic carbocycles. The van der Waals surface area contributed by atoms with E-state index >= 15 is 0 Å². The Bertz CT molecular complexity index is 1420. The highest BCUT2D eigenvalue weighted by atomic mass is 32.2. The molecule has 0 saturated carbocycles.